The largest absolute Gasteiger partial charge is 0.496 e. The molecule has 3 rings (SSSR count). The Bertz CT molecular complexity index is 872. The third-order valence-corrected chi connectivity index (χ3v) is 3.87. The van der Waals surface area contributed by atoms with Crippen molar-refractivity contribution in [1.82, 2.24) is 15.0 Å². The van der Waals surface area contributed by atoms with Crippen LogP contribution in [0.1, 0.15) is 24.1 Å². The molecule has 2 aromatic carbocycles. The Kier molecular flexibility index (Phi) is 4.37. The number of methoxy groups -OCH3 is 1. The van der Waals surface area contributed by atoms with E-state index in [0.717, 1.165) is 27.9 Å². The SMILES string of the molecule is COc1ccc(C)cc1C(C)NC(=O)Nn1cnc2ccccc21. The van der Waals surface area contributed by atoms with Gasteiger partial charge in [-0.3, -0.25) is 0 Å². The molecule has 2 N–H and O–H groups in total. The molecule has 3 aromatic rings. The maximum atomic E-state index is 12.3. The van der Waals surface area contributed by atoms with Crippen molar-refractivity contribution in [1.29, 1.82) is 0 Å². The quantitative estimate of drug-likeness (QED) is 0.773. The van der Waals surface area contributed by atoms with Crippen LogP contribution >= 0.6 is 0 Å². The maximum absolute atomic E-state index is 12.3. The lowest BCUT2D eigenvalue weighted by atomic mass is 10.0. The molecule has 1 aromatic heterocycles. The minimum Gasteiger partial charge on any atom is -0.496 e. The van der Waals surface area contributed by atoms with Crippen LogP contribution in [0.3, 0.4) is 0 Å². The number of rotatable bonds is 4. The topological polar surface area (TPSA) is 68.2 Å². The third-order valence-electron chi connectivity index (χ3n) is 3.87. The van der Waals surface area contributed by atoms with E-state index in [0.29, 0.717) is 0 Å². The first-order valence-corrected chi connectivity index (χ1v) is 7.72. The molecule has 0 saturated heterocycles. The van der Waals surface area contributed by atoms with Gasteiger partial charge in [0.2, 0.25) is 0 Å². The molecular weight excluding hydrogens is 304 g/mol. The van der Waals surface area contributed by atoms with Crippen LogP contribution in [0.5, 0.6) is 5.75 Å². The number of carbonyl (C=O) groups is 1. The fourth-order valence-corrected chi connectivity index (χ4v) is 2.66. The number of amides is 2. The van der Waals surface area contributed by atoms with E-state index in [-0.39, 0.29) is 12.1 Å². The van der Waals surface area contributed by atoms with Gasteiger partial charge < -0.3 is 10.1 Å². The molecular formula is C18H20N4O2. The van der Waals surface area contributed by atoms with Gasteiger partial charge in [0, 0.05) is 5.56 Å². The van der Waals surface area contributed by atoms with Crippen molar-refractivity contribution in [2.75, 3.05) is 12.5 Å². The maximum Gasteiger partial charge on any atom is 0.334 e. The number of urea groups is 1. The second-order valence-corrected chi connectivity index (χ2v) is 5.66. The van der Waals surface area contributed by atoms with E-state index in [2.05, 4.69) is 15.7 Å². The van der Waals surface area contributed by atoms with E-state index < -0.39 is 0 Å². The molecule has 1 atom stereocenters. The normalized spacial score (nSPS) is 12.0. The first-order valence-electron chi connectivity index (χ1n) is 7.72. The summed E-state index contributed by atoms with van der Waals surface area (Å²) in [5, 5.41) is 2.92. The van der Waals surface area contributed by atoms with Crippen molar-refractivity contribution >= 4 is 17.1 Å². The number of nitrogens with zero attached hydrogens (tertiary/aromatic N) is 2. The molecule has 0 fully saturated rings. The molecule has 1 heterocycles. The van der Waals surface area contributed by atoms with Gasteiger partial charge in [0.15, 0.2) is 0 Å². The first-order chi connectivity index (χ1) is 11.6. The zero-order valence-corrected chi connectivity index (χ0v) is 13.9. The molecule has 124 valence electrons. The number of fused-ring (bicyclic) bond motifs is 1. The summed E-state index contributed by atoms with van der Waals surface area (Å²) in [5.74, 6) is 0.751. The molecule has 0 aliphatic rings. The minimum absolute atomic E-state index is 0.199. The second kappa shape index (κ2) is 6.62. The Labute approximate surface area is 140 Å². The lowest BCUT2D eigenvalue weighted by molar-refractivity contribution is 0.246. The van der Waals surface area contributed by atoms with E-state index in [1.165, 1.54) is 0 Å². The van der Waals surface area contributed by atoms with Crippen molar-refractivity contribution in [2.45, 2.75) is 19.9 Å². The summed E-state index contributed by atoms with van der Waals surface area (Å²) in [4.78, 5) is 16.6. The average Bonchev–Trinajstić information content (AvgIpc) is 2.98. The molecule has 0 aliphatic carbocycles. The zero-order valence-electron chi connectivity index (χ0n) is 13.9. The fraction of sp³-hybridized carbons (Fsp3) is 0.222. The monoisotopic (exact) mass is 324 g/mol. The Morgan fingerprint density at radius 2 is 2.04 bits per heavy atom. The summed E-state index contributed by atoms with van der Waals surface area (Å²) in [6.07, 6.45) is 1.59. The van der Waals surface area contributed by atoms with Gasteiger partial charge >= 0.3 is 6.03 Å². The molecule has 2 amide bonds. The van der Waals surface area contributed by atoms with Crippen LogP contribution < -0.4 is 15.5 Å². The highest BCUT2D eigenvalue weighted by molar-refractivity contribution is 5.85. The standard InChI is InChI=1S/C18H20N4O2/c1-12-8-9-17(24-3)14(10-12)13(2)20-18(23)21-22-11-19-15-6-4-5-7-16(15)22/h4-11,13H,1-3H3,(H2,20,21,23). The smallest absolute Gasteiger partial charge is 0.334 e. The number of aromatic nitrogens is 2. The highest BCUT2D eigenvalue weighted by Gasteiger charge is 2.15. The van der Waals surface area contributed by atoms with Crippen LogP contribution in [-0.4, -0.2) is 22.8 Å². The summed E-state index contributed by atoms with van der Waals surface area (Å²) < 4.78 is 6.98. The summed E-state index contributed by atoms with van der Waals surface area (Å²) >= 11 is 0. The zero-order chi connectivity index (χ0) is 17.1. The highest BCUT2D eigenvalue weighted by atomic mass is 16.5. The van der Waals surface area contributed by atoms with Crippen molar-refractivity contribution in [3.05, 3.63) is 59.9 Å². The van der Waals surface area contributed by atoms with Crippen LogP contribution in [0, 0.1) is 6.92 Å². The number of benzene rings is 2. The molecule has 6 heteroatoms. The first kappa shape index (κ1) is 15.9. The van der Waals surface area contributed by atoms with Crippen LogP contribution in [0.15, 0.2) is 48.8 Å². The molecule has 0 aliphatic heterocycles. The molecule has 6 nitrogen and oxygen atoms in total. The van der Waals surface area contributed by atoms with E-state index >= 15 is 0 Å². The van der Waals surface area contributed by atoms with Crippen molar-refractivity contribution < 1.29 is 9.53 Å². The minimum atomic E-state index is -0.311. The third kappa shape index (κ3) is 3.17. The number of nitrogens with one attached hydrogen (secondary N) is 2. The van der Waals surface area contributed by atoms with Crippen LogP contribution in [0.4, 0.5) is 4.79 Å². The lowest BCUT2D eigenvalue weighted by Crippen LogP contribution is -2.35. The summed E-state index contributed by atoms with van der Waals surface area (Å²) in [6.45, 7) is 3.93. The van der Waals surface area contributed by atoms with E-state index in [9.17, 15) is 4.79 Å². The number of hydrogen-bond donors (Lipinski definition) is 2. The van der Waals surface area contributed by atoms with Gasteiger partial charge in [0.05, 0.1) is 24.2 Å². The van der Waals surface area contributed by atoms with Gasteiger partial charge in [-0.1, -0.05) is 29.8 Å². The molecule has 1 unspecified atom stereocenters. The van der Waals surface area contributed by atoms with E-state index in [4.69, 9.17) is 4.74 Å². The Morgan fingerprint density at radius 3 is 2.83 bits per heavy atom. The molecule has 0 saturated carbocycles. The number of aryl methyl sites for hydroxylation is 1. The predicted octanol–water partition coefficient (Wildman–Crippen LogP) is 3.37. The number of ether oxygens (including phenoxy) is 1. The Balaban J connectivity index is 1.74. The number of carbonyl (C=O) groups excluding carboxylic acids is 1. The second-order valence-electron chi connectivity index (χ2n) is 5.66. The fourth-order valence-electron chi connectivity index (χ4n) is 2.66. The number of hydrogen-bond acceptors (Lipinski definition) is 3. The highest BCUT2D eigenvalue weighted by Crippen LogP contribution is 2.26. The number of para-hydroxylation sites is 2. The molecule has 0 bridgehead atoms. The van der Waals surface area contributed by atoms with Gasteiger partial charge in [-0.15, -0.1) is 0 Å². The van der Waals surface area contributed by atoms with Gasteiger partial charge in [0.25, 0.3) is 0 Å². The summed E-state index contributed by atoms with van der Waals surface area (Å²) in [5.41, 5.74) is 6.49. The van der Waals surface area contributed by atoms with Crippen LogP contribution in [-0.2, 0) is 0 Å². The van der Waals surface area contributed by atoms with E-state index in [1.807, 2.05) is 56.3 Å². The van der Waals surface area contributed by atoms with Gasteiger partial charge in [-0.25, -0.2) is 19.9 Å². The molecule has 0 spiro atoms. The van der Waals surface area contributed by atoms with Crippen molar-refractivity contribution in [2.24, 2.45) is 0 Å². The van der Waals surface area contributed by atoms with E-state index in [1.54, 1.807) is 18.1 Å². The summed E-state index contributed by atoms with van der Waals surface area (Å²) in [7, 11) is 1.62. The number of imidazole rings is 1. The van der Waals surface area contributed by atoms with Crippen molar-refractivity contribution in [3.63, 3.8) is 0 Å². The predicted molar refractivity (Wildman–Crippen MR) is 93.8 cm³/mol. The van der Waals surface area contributed by atoms with Gasteiger partial charge in [-0.05, 0) is 32.0 Å². The summed E-state index contributed by atoms with van der Waals surface area (Å²) in [6, 6.07) is 13.0. The molecule has 24 heavy (non-hydrogen) atoms. The Hall–Kier alpha value is -3.02. The van der Waals surface area contributed by atoms with Crippen LogP contribution in [0.2, 0.25) is 0 Å². The lowest BCUT2D eigenvalue weighted by Gasteiger charge is -2.18. The van der Waals surface area contributed by atoms with Crippen LogP contribution in [0.25, 0.3) is 11.0 Å². The van der Waals surface area contributed by atoms with Gasteiger partial charge in [0.1, 0.15) is 12.1 Å². The average molecular weight is 324 g/mol. The Morgan fingerprint density at radius 1 is 1.25 bits per heavy atom. The molecule has 0 radical (unpaired) electrons. The van der Waals surface area contributed by atoms with Gasteiger partial charge in [-0.2, -0.15) is 0 Å². The van der Waals surface area contributed by atoms with Crippen molar-refractivity contribution in [3.8, 4) is 5.75 Å².